The van der Waals surface area contributed by atoms with Gasteiger partial charge in [-0.05, 0) is 12.0 Å². The standard InChI is InChI=1S/C16H21N3O2/c20-15-7-6-14(17-15)16(21)19-10-8-18(9-11-19)12-13-4-2-1-3-5-13/h1-5,14H,6-12H2,(H,17,20). The van der Waals surface area contributed by atoms with Gasteiger partial charge in [-0.3, -0.25) is 14.5 Å². The van der Waals surface area contributed by atoms with Gasteiger partial charge in [0.05, 0.1) is 0 Å². The number of nitrogens with one attached hydrogen (secondary N) is 1. The summed E-state index contributed by atoms with van der Waals surface area (Å²) < 4.78 is 0. The minimum atomic E-state index is -0.293. The highest BCUT2D eigenvalue weighted by Gasteiger charge is 2.32. The van der Waals surface area contributed by atoms with Crippen LogP contribution in [-0.4, -0.2) is 53.8 Å². The molecule has 112 valence electrons. The molecule has 1 aromatic carbocycles. The Bertz CT molecular complexity index is 510. The highest BCUT2D eigenvalue weighted by Crippen LogP contribution is 2.13. The summed E-state index contributed by atoms with van der Waals surface area (Å²) in [4.78, 5) is 27.8. The molecular weight excluding hydrogens is 266 g/mol. The molecule has 0 spiro atoms. The molecule has 2 fully saturated rings. The van der Waals surface area contributed by atoms with Crippen LogP contribution in [-0.2, 0) is 16.1 Å². The zero-order valence-electron chi connectivity index (χ0n) is 12.1. The first kappa shape index (κ1) is 14.1. The first-order valence-electron chi connectivity index (χ1n) is 7.57. The molecule has 2 aliphatic heterocycles. The fraction of sp³-hybridized carbons (Fsp3) is 0.500. The zero-order valence-corrected chi connectivity index (χ0v) is 12.1. The van der Waals surface area contributed by atoms with Crippen LogP contribution in [0.1, 0.15) is 18.4 Å². The first-order valence-corrected chi connectivity index (χ1v) is 7.57. The van der Waals surface area contributed by atoms with E-state index in [4.69, 9.17) is 0 Å². The largest absolute Gasteiger partial charge is 0.344 e. The molecule has 2 amide bonds. The van der Waals surface area contributed by atoms with Crippen LogP contribution in [0, 0.1) is 0 Å². The molecular formula is C16H21N3O2. The summed E-state index contributed by atoms with van der Waals surface area (Å²) in [5.41, 5.74) is 1.31. The van der Waals surface area contributed by atoms with Crippen LogP contribution >= 0.6 is 0 Å². The number of nitrogens with zero attached hydrogens (tertiary/aromatic N) is 2. The van der Waals surface area contributed by atoms with Crippen molar-refractivity contribution in [2.24, 2.45) is 0 Å². The van der Waals surface area contributed by atoms with Crippen molar-refractivity contribution in [2.45, 2.75) is 25.4 Å². The summed E-state index contributed by atoms with van der Waals surface area (Å²) in [6.07, 6.45) is 1.12. The Morgan fingerprint density at radius 2 is 1.86 bits per heavy atom. The Labute approximate surface area is 124 Å². The van der Waals surface area contributed by atoms with Crippen LogP contribution < -0.4 is 5.32 Å². The second-order valence-electron chi connectivity index (χ2n) is 5.75. The van der Waals surface area contributed by atoms with Gasteiger partial charge in [-0.2, -0.15) is 0 Å². The monoisotopic (exact) mass is 287 g/mol. The zero-order chi connectivity index (χ0) is 14.7. The number of hydrogen-bond acceptors (Lipinski definition) is 3. The molecule has 1 unspecified atom stereocenters. The first-order chi connectivity index (χ1) is 10.2. The molecule has 0 aliphatic carbocycles. The summed E-state index contributed by atoms with van der Waals surface area (Å²) >= 11 is 0. The number of hydrogen-bond donors (Lipinski definition) is 1. The van der Waals surface area contributed by atoms with Crippen LogP contribution in [0.25, 0.3) is 0 Å². The number of amides is 2. The molecule has 1 N–H and O–H groups in total. The molecule has 0 radical (unpaired) electrons. The van der Waals surface area contributed by atoms with Crippen molar-refractivity contribution in [2.75, 3.05) is 26.2 Å². The third-order valence-corrected chi connectivity index (χ3v) is 4.23. The number of piperazine rings is 1. The van der Waals surface area contributed by atoms with Gasteiger partial charge in [0.2, 0.25) is 11.8 Å². The van der Waals surface area contributed by atoms with E-state index in [1.165, 1.54) is 5.56 Å². The normalized spacial score (nSPS) is 23.1. The van der Waals surface area contributed by atoms with E-state index < -0.39 is 0 Å². The molecule has 1 atom stereocenters. The minimum absolute atomic E-state index is 0.00364. The predicted molar refractivity (Wildman–Crippen MR) is 79.5 cm³/mol. The molecule has 2 heterocycles. The van der Waals surface area contributed by atoms with E-state index in [1.807, 2.05) is 11.0 Å². The second kappa shape index (κ2) is 6.26. The van der Waals surface area contributed by atoms with Crippen molar-refractivity contribution in [3.05, 3.63) is 35.9 Å². The van der Waals surface area contributed by atoms with E-state index in [2.05, 4.69) is 34.5 Å². The van der Waals surface area contributed by atoms with Gasteiger partial charge < -0.3 is 10.2 Å². The van der Waals surface area contributed by atoms with Crippen molar-refractivity contribution in [1.82, 2.24) is 15.1 Å². The van der Waals surface area contributed by atoms with Crippen LogP contribution in [0.3, 0.4) is 0 Å². The molecule has 0 saturated carbocycles. The maximum atomic E-state index is 12.3. The topological polar surface area (TPSA) is 52.7 Å². The lowest BCUT2D eigenvalue weighted by Crippen LogP contribution is -2.53. The Morgan fingerprint density at radius 3 is 2.48 bits per heavy atom. The molecule has 0 aromatic heterocycles. The van der Waals surface area contributed by atoms with Crippen LogP contribution in [0.4, 0.5) is 0 Å². The Hall–Kier alpha value is -1.88. The third kappa shape index (κ3) is 3.42. The van der Waals surface area contributed by atoms with Gasteiger partial charge in [0, 0.05) is 39.1 Å². The molecule has 5 heteroatoms. The number of rotatable bonds is 3. The molecule has 5 nitrogen and oxygen atoms in total. The molecule has 21 heavy (non-hydrogen) atoms. The molecule has 1 aromatic rings. The Morgan fingerprint density at radius 1 is 1.14 bits per heavy atom. The summed E-state index contributed by atoms with van der Waals surface area (Å²) in [7, 11) is 0. The summed E-state index contributed by atoms with van der Waals surface area (Å²) in [5, 5.41) is 2.76. The molecule has 2 saturated heterocycles. The molecule has 0 bridgehead atoms. The van der Waals surface area contributed by atoms with Crippen molar-refractivity contribution in [3.8, 4) is 0 Å². The van der Waals surface area contributed by atoms with Gasteiger partial charge in [0.25, 0.3) is 0 Å². The van der Waals surface area contributed by atoms with Gasteiger partial charge in [-0.25, -0.2) is 0 Å². The maximum absolute atomic E-state index is 12.3. The number of carbonyl (C=O) groups is 2. The van der Waals surface area contributed by atoms with Gasteiger partial charge in [0.15, 0.2) is 0 Å². The number of benzene rings is 1. The van der Waals surface area contributed by atoms with Gasteiger partial charge in [-0.15, -0.1) is 0 Å². The summed E-state index contributed by atoms with van der Waals surface area (Å²) in [6.45, 7) is 4.21. The maximum Gasteiger partial charge on any atom is 0.245 e. The van der Waals surface area contributed by atoms with E-state index in [9.17, 15) is 9.59 Å². The van der Waals surface area contributed by atoms with Crippen LogP contribution in [0.5, 0.6) is 0 Å². The van der Waals surface area contributed by atoms with E-state index in [0.717, 1.165) is 32.7 Å². The minimum Gasteiger partial charge on any atom is -0.344 e. The van der Waals surface area contributed by atoms with E-state index in [-0.39, 0.29) is 17.9 Å². The average molecular weight is 287 g/mol. The van der Waals surface area contributed by atoms with Crippen molar-refractivity contribution < 1.29 is 9.59 Å². The van der Waals surface area contributed by atoms with Crippen LogP contribution in [0.15, 0.2) is 30.3 Å². The fourth-order valence-electron chi connectivity index (χ4n) is 2.99. The average Bonchev–Trinajstić information content (AvgIpc) is 2.95. The summed E-state index contributed by atoms with van der Waals surface area (Å²) in [6, 6.07) is 10.1. The fourth-order valence-corrected chi connectivity index (χ4v) is 2.99. The van der Waals surface area contributed by atoms with Gasteiger partial charge >= 0.3 is 0 Å². The van der Waals surface area contributed by atoms with Crippen molar-refractivity contribution in [1.29, 1.82) is 0 Å². The number of carbonyl (C=O) groups excluding carboxylic acids is 2. The highest BCUT2D eigenvalue weighted by molar-refractivity contribution is 5.90. The van der Waals surface area contributed by atoms with E-state index >= 15 is 0 Å². The van der Waals surface area contributed by atoms with Crippen LogP contribution in [0.2, 0.25) is 0 Å². The molecule has 3 rings (SSSR count). The highest BCUT2D eigenvalue weighted by atomic mass is 16.2. The van der Waals surface area contributed by atoms with Gasteiger partial charge in [-0.1, -0.05) is 30.3 Å². The quantitative estimate of drug-likeness (QED) is 0.886. The van der Waals surface area contributed by atoms with E-state index in [0.29, 0.717) is 12.8 Å². The Balaban J connectivity index is 1.49. The molecule has 2 aliphatic rings. The Kier molecular flexibility index (Phi) is 4.20. The van der Waals surface area contributed by atoms with Crippen molar-refractivity contribution >= 4 is 11.8 Å². The van der Waals surface area contributed by atoms with E-state index in [1.54, 1.807) is 0 Å². The lowest BCUT2D eigenvalue weighted by atomic mass is 10.1. The van der Waals surface area contributed by atoms with Gasteiger partial charge in [0.1, 0.15) is 6.04 Å². The lowest BCUT2D eigenvalue weighted by molar-refractivity contribution is -0.136. The third-order valence-electron chi connectivity index (χ3n) is 4.23. The summed E-state index contributed by atoms with van der Waals surface area (Å²) in [5.74, 6) is 0.0799. The lowest BCUT2D eigenvalue weighted by Gasteiger charge is -2.35. The van der Waals surface area contributed by atoms with Crippen molar-refractivity contribution in [3.63, 3.8) is 0 Å². The SMILES string of the molecule is O=C1CCC(C(=O)N2CCN(Cc3ccccc3)CC2)N1. The predicted octanol–water partition coefficient (Wildman–Crippen LogP) is 0.609. The smallest absolute Gasteiger partial charge is 0.245 e. The second-order valence-corrected chi connectivity index (χ2v) is 5.75.